The molecular formula is C6H11NO3. The van der Waals surface area contributed by atoms with Crippen molar-refractivity contribution in [3.63, 3.8) is 0 Å². The molecule has 0 rings (SSSR count). The van der Waals surface area contributed by atoms with E-state index < -0.39 is 0 Å². The molecule has 1 amide bonds. The summed E-state index contributed by atoms with van der Waals surface area (Å²) in [6.45, 7) is 2.28. The molecule has 0 saturated carbocycles. The third-order valence-corrected chi connectivity index (χ3v) is 0.854. The van der Waals surface area contributed by atoms with Crippen molar-refractivity contribution in [1.29, 1.82) is 0 Å². The van der Waals surface area contributed by atoms with E-state index in [4.69, 9.17) is 0 Å². The van der Waals surface area contributed by atoms with Crippen molar-refractivity contribution in [3.05, 3.63) is 0 Å². The Morgan fingerprint density at radius 2 is 2.40 bits per heavy atom. The summed E-state index contributed by atoms with van der Waals surface area (Å²) in [5.41, 5.74) is 0. The predicted molar refractivity (Wildman–Crippen MR) is 35.3 cm³/mol. The monoisotopic (exact) mass is 145 g/mol. The van der Waals surface area contributed by atoms with Crippen molar-refractivity contribution >= 4 is 12.4 Å². The van der Waals surface area contributed by atoms with Gasteiger partial charge in [0, 0.05) is 13.5 Å². The molecule has 0 fully saturated rings. The minimum Gasteiger partial charge on any atom is -0.466 e. The topological polar surface area (TPSA) is 55.4 Å². The predicted octanol–water partition coefficient (Wildman–Crippen LogP) is -0.314. The van der Waals surface area contributed by atoms with E-state index in [-0.39, 0.29) is 5.97 Å². The SMILES string of the molecule is CC(=O)OCCCNC=O. The molecular weight excluding hydrogens is 134 g/mol. The van der Waals surface area contributed by atoms with Crippen LogP contribution in [0.3, 0.4) is 0 Å². The number of nitrogens with one attached hydrogen (secondary N) is 1. The second-order valence-corrected chi connectivity index (χ2v) is 1.77. The van der Waals surface area contributed by atoms with E-state index in [2.05, 4.69) is 10.1 Å². The van der Waals surface area contributed by atoms with Crippen LogP contribution in [-0.4, -0.2) is 25.5 Å². The van der Waals surface area contributed by atoms with Gasteiger partial charge in [0.2, 0.25) is 6.41 Å². The summed E-state index contributed by atoms with van der Waals surface area (Å²) in [6, 6.07) is 0. The number of hydrogen-bond donors (Lipinski definition) is 1. The van der Waals surface area contributed by atoms with Crippen LogP contribution in [0.2, 0.25) is 0 Å². The van der Waals surface area contributed by atoms with Crippen LogP contribution in [0.25, 0.3) is 0 Å². The minimum atomic E-state index is -0.286. The summed E-state index contributed by atoms with van der Waals surface area (Å²) in [4.78, 5) is 19.8. The first-order chi connectivity index (χ1) is 4.77. The Hall–Kier alpha value is -1.06. The highest BCUT2D eigenvalue weighted by atomic mass is 16.5. The van der Waals surface area contributed by atoms with Crippen molar-refractivity contribution < 1.29 is 14.3 Å². The maximum absolute atomic E-state index is 10.2. The van der Waals surface area contributed by atoms with Crippen molar-refractivity contribution in [2.45, 2.75) is 13.3 Å². The summed E-state index contributed by atoms with van der Waals surface area (Å²) in [7, 11) is 0. The first-order valence-corrected chi connectivity index (χ1v) is 3.07. The Balaban J connectivity index is 2.90. The molecule has 0 aliphatic rings. The van der Waals surface area contributed by atoms with Crippen LogP contribution in [0, 0.1) is 0 Å². The second kappa shape index (κ2) is 6.07. The molecule has 0 spiro atoms. The van der Waals surface area contributed by atoms with E-state index >= 15 is 0 Å². The number of hydrogen-bond acceptors (Lipinski definition) is 3. The van der Waals surface area contributed by atoms with Crippen molar-refractivity contribution in [2.75, 3.05) is 13.2 Å². The van der Waals surface area contributed by atoms with Crippen LogP contribution in [0.4, 0.5) is 0 Å². The second-order valence-electron chi connectivity index (χ2n) is 1.77. The largest absolute Gasteiger partial charge is 0.466 e. The molecule has 58 valence electrons. The fourth-order valence-corrected chi connectivity index (χ4v) is 0.449. The first-order valence-electron chi connectivity index (χ1n) is 3.07. The van der Waals surface area contributed by atoms with Gasteiger partial charge in [-0.2, -0.15) is 0 Å². The van der Waals surface area contributed by atoms with Gasteiger partial charge in [-0.1, -0.05) is 0 Å². The highest BCUT2D eigenvalue weighted by Gasteiger charge is 1.90. The highest BCUT2D eigenvalue weighted by molar-refractivity contribution is 5.65. The molecule has 0 aromatic heterocycles. The molecule has 0 bridgehead atoms. The van der Waals surface area contributed by atoms with Gasteiger partial charge in [-0.3, -0.25) is 9.59 Å². The van der Waals surface area contributed by atoms with Crippen molar-refractivity contribution in [2.24, 2.45) is 0 Å². The van der Waals surface area contributed by atoms with Gasteiger partial charge in [0.1, 0.15) is 0 Å². The molecule has 0 radical (unpaired) electrons. The van der Waals surface area contributed by atoms with Crippen molar-refractivity contribution in [1.82, 2.24) is 5.32 Å². The van der Waals surface area contributed by atoms with Crippen LogP contribution < -0.4 is 5.32 Å². The summed E-state index contributed by atoms with van der Waals surface area (Å²) in [5, 5.41) is 2.45. The van der Waals surface area contributed by atoms with E-state index in [1.54, 1.807) is 0 Å². The Bertz CT molecular complexity index is 114. The average Bonchev–Trinajstić information content (AvgIpc) is 1.87. The average molecular weight is 145 g/mol. The number of esters is 1. The molecule has 0 heterocycles. The third kappa shape index (κ3) is 6.94. The molecule has 4 nitrogen and oxygen atoms in total. The molecule has 1 N–H and O–H groups in total. The van der Waals surface area contributed by atoms with Gasteiger partial charge >= 0.3 is 5.97 Å². The third-order valence-electron chi connectivity index (χ3n) is 0.854. The quantitative estimate of drug-likeness (QED) is 0.328. The van der Waals surface area contributed by atoms with Crippen LogP contribution in [0.5, 0.6) is 0 Å². The lowest BCUT2D eigenvalue weighted by atomic mass is 10.4. The van der Waals surface area contributed by atoms with Crippen LogP contribution in [0.15, 0.2) is 0 Å². The van der Waals surface area contributed by atoms with Crippen LogP contribution in [0.1, 0.15) is 13.3 Å². The zero-order valence-corrected chi connectivity index (χ0v) is 5.92. The van der Waals surface area contributed by atoms with Gasteiger partial charge in [0.05, 0.1) is 6.61 Å². The van der Waals surface area contributed by atoms with E-state index in [9.17, 15) is 9.59 Å². The standard InChI is InChI=1S/C6H11NO3/c1-6(9)10-4-2-3-7-5-8/h5H,2-4H2,1H3,(H,7,8). The molecule has 0 aliphatic carbocycles. The van der Waals surface area contributed by atoms with Gasteiger partial charge in [0.15, 0.2) is 0 Å². The Kier molecular flexibility index (Phi) is 5.42. The molecule has 0 aromatic rings. The lowest BCUT2D eigenvalue weighted by Crippen LogP contribution is -2.14. The fourth-order valence-electron chi connectivity index (χ4n) is 0.449. The highest BCUT2D eigenvalue weighted by Crippen LogP contribution is 1.80. The van der Waals surface area contributed by atoms with E-state index in [1.807, 2.05) is 0 Å². The summed E-state index contributed by atoms with van der Waals surface area (Å²) < 4.78 is 4.59. The van der Waals surface area contributed by atoms with Crippen LogP contribution >= 0.6 is 0 Å². The lowest BCUT2D eigenvalue weighted by Gasteiger charge is -1.99. The summed E-state index contributed by atoms with van der Waals surface area (Å²) in [5.74, 6) is -0.286. The summed E-state index contributed by atoms with van der Waals surface area (Å²) in [6.07, 6.45) is 1.28. The van der Waals surface area contributed by atoms with E-state index in [0.717, 1.165) is 0 Å². The Morgan fingerprint density at radius 1 is 1.70 bits per heavy atom. The maximum Gasteiger partial charge on any atom is 0.302 e. The Labute approximate surface area is 59.6 Å². The van der Waals surface area contributed by atoms with Gasteiger partial charge in [0.25, 0.3) is 0 Å². The zero-order chi connectivity index (χ0) is 7.82. The molecule has 0 saturated heterocycles. The molecule has 10 heavy (non-hydrogen) atoms. The maximum atomic E-state index is 10.2. The lowest BCUT2D eigenvalue weighted by molar-refractivity contribution is -0.140. The van der Waals surface area contributed by atoms with Crippen LogP contribution in [-0.2, 0) is 14.3 Å². The van der Waals surface area contributed by atoms with E-state index in [1.165, 1.54) is 6.92 Å². The molecule has 4 heteroatoms. The van der Waals surface area contributed by atoms with E-state index in [0.29, 0.717) is 26.0 Å². The number of ether oxygens (including phenoxy) is 1. The normalized spacial score (nSPS) is 8.50. The van der Waals surface area contributed by atoms with Gasteiger partial charge < -0.3 is 10.1 Å². The molecule has 0 aliphatic heterocycles. The first kappa shape index (κ1) is 8.94. The fraction of sp³-hybridized carbons (Fsp3) is 0.667. The molecule has 0 unspecified atom stereocenters. The number of amides is 1. The van der Waals surface area contributed by atoms with Gasteiger partial charge in [-0.15, -0.1) is 0 Å². The molecule has 0 atom stereocenters. The van der Waals surface area contributed by atoms with Crippen molar-refractivity contribution in [3.8, 4) is 0 Å². The zero-order valence-electron chi connectivity index (χ0n) is 5.92. The summed E-state index contributed by atoms with van der Waals surface area (Å²) >= 11 is 0. The number of rotatable bonds is 5. The number of carbonyl (C=O) groups is 2. The minimum absolute atomic E-state index is 0.286. The Morgan fingerprint density at radius 3 is 2.90 bits per heavy atom. The smallest absolute Gasteiger partial charge is 0.302 e. The number of carbonyl (C=O) groups excluding carboxylic acids is 2. The molecule has 0 aromatic carbocycles. The van der Waals surface area contributed by atoms with Gasteiger partial charge in [-0.25, -0.2) is 0 Å². The van der Waals surface area contributed by atoms with Gasteiger partial charge in [-0.05, 0) is 6.42 Å².